The van der Waals surface area contributed by atoms with Gasteiger partial charge >= 0.3 is 0 Å². The number of nitrogens with one attached hydrogen (secondary N) is 2. The Morgan fingerprint density at radius 1 is 1.29 bits per heavy atom. The summed E-state index contributed by atoms with van der Waals surface area (Å²) in [6.07, 6.45) is 3.79. The van der Waals surface area contributed by atoms with Gasteiger partial charge in [-0.1, -0.05) is 24.3 Å². The van der Waals surface area contributed by atoms with Crippen LogP contribution < -0.4 is 10.6 Å². The van der Waals surface area contributed by atoms with Gasteiger partial charge in [0.2, 0.25) is 0 Å². The van der Waals surface area contributed by atoms with E-state index >= 15 is 0 Å². The Morgan fingerprint density at radius 3 is 2.82 bits per heavy atom. The van der Waals surface area contributed by atoms with Crippen LogP contribution in [0.3, 0.4) is 0 Å². The van der Waals surface area contributed by atoms with Crippen LogP contribution in [0.15, 0.2) is 47.7 Å². The van der Waals surface area contributed by atoms with Crippen molar-refractivity contribution < 1.29 is 4.74 Å². The molecular weight excluding hydrogens is 352 g/mol. The van der Waals surface area contributed by atoms with Crippen LogP contribution in [0.4, 0.5) is 0 Å². The average Bonchev–Trinajstić information content (AvgIpc) is 3.22. The lowest BCUT2D eigenvalue weighted by atomic mass is 10.1. The van der Waals surface area contributed by atoms with Crippen LogP contribution in [0.5, 0.6) is 0 Å². The van der Waals surface area contributed by atoms with E-state index in [4.69, 9.17) is 4.74 Å². The van der Waals surface area contributed by atoms with Gasteiger partial charge in [0.05, 0.1) is 19.8 Å². The number of guanidine groups is 1. The molecule has 0 amide bonds. The molecule has 2 aromatic rings. The predicted octanol–water partition coefficient (Wildman–Crippen LogP) is 1.71. The molecule has 7 nitrogen and oxygen atoms in total. The maximum atomic E-state index is 5.54. The normalized spacial score (nSPS) is 19.4. The van der Waals surface area contributed by atoms with E-state index in [-0.39, 0.29) is 0 Å². The van der Waals surface area contributed by atoms with Gasteiger partial charge < -0.3 is 15.4 Å². The van der Waals surface area contributed by atoms with Gasteiger partial charge in [0.15, 0.2) is 5.96 Å². The molecule has 152 valence electrons. The number of nitrogens with zero attached hydrogens (tertiary/aromatic N) is 4. The predicted molar refractivity (Wildman–Crippen MR) is 112 cm³/mol. The molecule has 0 radical (unpaired) electrons. The van der Waals surface area contributed by atoms with Crippen molar-refractivity contribution in [2.45, 2.75) is 39.0 Å². The minimum atomic E-state index is 0.421. The second-order valence-electron chi connectivity index (χ2n) is 7.29. The number of aliphatic imine (C=N–C) groups is 1. The lowest BCUT2D eigenvalue weighted by Gasteiger charge is -2.38. The molecule has 1 aliphatic rings. The minimum Gasteiger partial charge on any atom is -0.379 e. The van der Waals surface area contributed by atoms with Gasteiger partial charge in [0.25, 0.3) is 0 Å². The Morgan fingerprint density at radius 2 is 2.11 bits per heavy atom. The second-order valence-corrected chi connectivity index (χ2v) is 7.29. The third-order valence-corrected chi connectivity index (χ3v) is 5.23. The van der Waals surface area contributed by atoms with E-state index < -0.39 is 0 Å². The first-order chi connectivity index (χ1) is 13.7. The molecule has 1 aromatic carbocycles. The maximum absolute atomic E-state index is 5.54. The Labute approximate surface area is 167 Å². The smallest absolute Gasteiger partial charge is 0.191 e. The number of hydrogen-bond donors (Lipinski definition) is 2. The molecule has 0 bridgehead atoms. The zero-order chi connectivity index (χ0) is 19.8. The van der Waals surface area contributed by atoms with Crippen LogP contribution in [0.1, 0.15) is 25.0 Å². The summed E-state index contributed by atoms with van der Waals surface area (Å²) in [5.74, 6) is 0.821. The number of aromatic nitrogens is 2. The van der Waals surface area contributed by atoms with Gasteiger partial charge in [-0.2, -0.15) is 5.10 Å². The van der Waals surface area contributed by atoms with Gasteiger partial charge in [-0.25, -0.2) is 0 Å². The molecule has 7 heteroatoms. The Kier molecular flexibility index (Phi) is 7.45. The molecule has 2 N–H and O–H groups in total. The zero-order valence-corrected chi connectivity index (χ0v) is 17.1. The highest BCUT2D eigenvalue weighted by Gasteiger charge is 2.23. The van der Waals surface area contributed by atoms with E-state index in [1.165, 1.54) is 11.1 Å². The third-order valence-electron chi connectivity index (χ3n) is 5.23. The molecular formula is C21H32N6O. The van der Waals surface area contributed by atoms with Crippen molar-refractivity contribution in [2.24, 2.45) is 4.99 Å². The topological polar surface area (TPSA) is 66.7 Å². The highest BCUT2D eigenvalue weighted by atomic mass is 16.5. The highest BCUT2D eigenvalue weighted by molar-refractivity contribution is 5.79. The van der Waals surface area contributed by atoms with Gasteiger partial charge in [0, 0.05) is 51.2 Å². The molecule has 1 aliphatic heterocycles. The second kappa shape index (κ2) is 10.2. The van der Waals surface area contributed by atoms with Crippen LogP contribution in [0.25, 0.3) is 0 Å². The summed E-state index contributed by atoms with van der Waals surface area (Å²) in [5, 5.41) is 11.2. The van der Waals surface area contributed by atoms with Crippen molar-refractivity contribution in [3.05, 3.63) is 53.9 Å². The summed E-state index contributed by atoms with van der Waals surface area (Å²) in [6, 6.07) is 11.3. The number of morpholine rings is 1. The fraction of sp³-hybridized carbons (Fsp3) is 0.524. The third kappa shape index (κ3) is 5.56. The van der Waals surface area contributed by atoms with Crippen LogP contribution in [0, 0.1) is 0 Å². The van der Waals surface area contributed by atoms with Crippen LogP contribution >= 0.6 is 0 Å². The van der Waals surface area contributed by atoms with E-state index in [0.29, 0.717) is 12.1 Å². The summed E-state index contributed by atoms with van der Waals surface area (Å²) >= 11 is 0. The monoisotopic (exact) mass is 384 g/mol. The fourth-order valence-electron chi connectivity index (χ4n) is 3.61. The first-order valence-electron chi connectivity index (χ1n) is 9.99. The van der Waals surface area contributed by atoms with Crippen molar-refractivity contribution in [1.82, 2.24) is 25.3 Å². The molecule has 1 aromatic heterocycles. The maximum Gasteiger partial charge on any atom is 0.191 e. The number of benzene rings is 1. The average molecular weight is 385 g/mol. The Bertz CT molecular complexity index is 745. The van der Waals surface area contributed by atoms with E-state index in [1.54, 1.807) is 0 Å². The van der Waals surface area contributed by atoms with Gasteiger partial charge in [0.1, 0.15) is 0 Å². The Balaban J connectivity index is 1.52. The zero-order valence-electron chi connectivity index (χ0n) is 17.1. The molecule has 2 atom stereocenters. The molecule has 0 saturated carbocycles. The highest BCUT2D eigenvalue weighted by Crippen LogP contribution is 2.11. The minimum absolute atomic E-state index is 0.421. The molecule has 0 aliphatic carbocycles. The standard InChI is InChI=1S/C21H32N6O/c1-17(27-11-12-28-16-18(27)2)13-23-21(22-3)24-14-19-7-4-5-8-20(19)15-26-10-6-9-25-26/h4-10,17-18H,11-16H2,1-3H3,(H2,22,23,24). The van der Waals surface area contributed by atoms with Crippen molar-refractivity contribution in [3.63, 3.8) is 0 Å². The Hall–Kier alpha value is -2.38. The summed E-state index contributed by atoms with van der Waals surface area (Å²) in [4.78, 5) is 6.87. The summed E-state index contributed by atoms with van der Waals surface area (Å²) in [6.45, 7) is 9.41. The van der Waals surface area contributed by atoms with E-state index in [0.717, 1.165) is 45.4 Å². The van der Waals surface area contributed by atoms with Gasteiger partial charge in [-0.15, -0.1) is 0 Å². The molecule has 2 heterocycles. The van der Waals surface area contributed by atoms with Gasteiger partial charge in [-0.05, 0) is 31.0 Å². The quantitative estimate of drug-likeness (QED) is 0.562. The van der Waals surface area contributed by atoms with E-state index in [1.807, 2.05) is 30.2 Å². The number of ether oxygens (including phenoxy) is 1. The van der Waals surface area contributed by atoms with Crippen molar-refractivity contribution in [2.75, 3.05) is 33.4 Å². The van der Waals surface area contributed by atoms with Gasteiger partial charge in [-0.3, -0.25) is 14.6 Å². The lowest BCUT2D eigenvalue weighted by Crippen LogP contribution is -2.53. The van der Waals surface area contributed by atoms with Crippen LogP contribution in [0.2, 0.25) is 0 Å². The fourth-order valence-corrected chi connectivity index (χ4v) is 3.61. The molecule has 1 fully saturated rings. The summed E-state index contributed by atoms with van der Waals surface area (Å²) in [5.41, 5.74) is 2.50. The molecule has 2 unspecified atom stereocenters. The first-order valence-corrected chi connectivity index (χ1v) is 9.99. The van der Waals surface area contributed by atoms with Crippen LogP contribution in [-0.4, -0.2) is 66.1 Å². The lowest BCUT2D eigenvalue weighted by molar-refractivity contribution is -0.0174. The number of rotatable bonds is 7. The van der Waals surface area contributed by atoms with E-state index in [9.17, 15) is 0 Å². The van der Waals surface area contributed by atoms with Crippen molar-refractivity contribution in [3.8, 4) is 0 Å². The SMILES string of the molecule is CN=C(NCc1ccccc1Cn1cccn1)NCC(C)N1CCOCC1C. The molecule has 3 rings (SSSR count). The van der Waals surface area contributed by atoms with Crippen molar-refractivity contribution >= 4 is 5.96 Å². The van der Waals surface area contributed by atoms with Crippen LogP contribution in [-0.2, 0) is 17.8 Å². The first kappa shape index (κ1) is 20.4. The van der Waals surface area contributed by atoms with E-state index in [2.05, 4.69) is 63.7 Å². The molecule has 0 spiro atoms. The van der Waals surface area contributed by atoms with Crippen molar-refractivity contribution in [1.29, 1.82) is 0 Å². The largest absolute Gasteiger partial charge is 0.379 e. The molecule has 28 heavy (non-hydrogen) atoms. The molecule has 1 saturated heterocycles. The summed E-state index contributed by atoms with van der Waals surface area (Å²) < 4.78 is 7.48. The summed E-state index contributed by atoms with van der Waals surface area (Å²) in [7, 11) is 1.81. The number of hydrogen-bond acceptors (Lipinski definition) is 4.